The van der Waals surface area contributed by atoms with Gasteiger partial charge in [0.15, 0.2) is 0 Å². The molecule has 3 heteroatoms. The predicted octanol–water partition coefficient (Wildman–Crippen LogP) is 2.31. The molecule has 0 radical (unpaired) electrons. The SMILES string of the molecule is CNCCC#Cc1ccc(Cl)c(OC)c1. The number of methoxy groups -OCH3 is 1. The summed E-state index contributed by atoms with van der Waals surface area (Å²) in [4.78, 5) is 0. The summed E-state index contributed by atoms with van der Waals surface area (Å²) in [5.74, 6) is 6.78. The van der Waals surface area contributed by atoms with Crippen LogP contribution >= 0.6 is 11.6 Å². The maximum atomic E-state index is 5.90. The van der Waals surface area contributed by atoms with E-state index in [4.69, 9.17) is 16.3 Å². The summed E-state index contributed by atoms with van der Waals surface area (Å²) in [6.45, 7) is 0.901. The Bertz CT molecular complexity index is 379. The summed E-state index contributed by atoms with van der Waals surface area (Å²) >= 11 is 5.90. The summed E-state index contributed by atoms with van der Waals surface area (Å²) < 4.78 is 5.10. The average molecular weight is 224 g/mol. The predicted molar refractivity (Wildman–Crippen MR) is 63.4 cm³/mol. The van der Waals surface area contributed by atoms with Gasteiger partial charge in [-0.1, -0.05) is 23.4 Å². The lowest BCUT2D eigenvalue weighted by molar-refractivity contribution is 0.415. The van der Waals surface area contributed by atoms with E-state index in [2.05, 4.69) is 17.2 Å². The number of hydrogen-bond acceptors (Lipinski definition) is 2. The van der Waals surface area contributed by atoms with E-state index in [1.54, 1.807) is 13.2 Å². The van der Waals surface area contributed by atoms with Crippen molar-refractivity contribution in [1.29, 1.82) is 0 Å². The van der Waals surface area contributed by atoms with Gasteiger partial charge in [-0.2, -0.15) is 0 Å². The van der Waals surface area contributed by atoms with E-state index in [0.717, 1.165) is 18.5 Å². The van der Waals surface area contributed by atoms with Crippen LogP contribution in [0.25, 0.3) is 0 Å². The molecule has 2 nitrogen and oxygen atoms in total. The minimum Gasteiger partial charge on any atom is -0.495 e. The summed E-state index contributed by atoms with van der Waals surface area (Å²) in [7, 11) is 3.51. The molecular weight excluding hydrogens is 210 g/mol. The highest BCUT2D eigenvalue weighted by molar-refractivity contribution is 6.32. The summed E-state index contributed by atoms with van der Waals surface area (Å²) in [6.07, 6.45) is 0.835. The Balaban J connectivity index is 2.72. The quantitative estimate of drug-likeness (QED) is 0.627. The molecule has 0 fully saturated rings. The highest BCUT2D eigenvalue weighted by Crippen LogP contribution is 2.24. The number of nitrogens with one attached hydrogen (secondary N) is 1. The van der Waals surface area contributed by atoms with Crippen LogP contribution in [-0.4, -0.2) is 20.7 Å². The molecule has 0 heterocycles. The van der Waals surface area contributed by atoms with E-state index in [0.29, 0.717) is 10.8 Å². The number of rotatable bonds is 3. The van der Waals surface area contributed by atoms with Crippen molar-refractivity contribution in [2.24, 2.45) is 0 Å². The molecule has 1 aromatic rings. The average Bonchev–Trinajstić information content (AvgIpc) is 2.26. The lowest BCUT2D eigenvalue weighted by Gasteiger charge is -2.02. The zero-order valence-corrected chi connectivity index (χ0v) is 9.69. The Labute approximate surface area is 95.6 Å². The fourth-order valence-corrected chi connectivity index (χ4v) is 1.28. The van der Waals surface area contributed by atoms with Crippen molar-refractivity contribution in [3.63, 3.8) is 0 Å². The van der Waals surface area contributed by atoms with Crippen LogP contribution in [-0.2, 0) is 0 Å². The van der Waals surface area contributed by atoms with Gasteiger partial charge in [0.25, 0.3) is 0 Å². The van der Waals surface area contributed by atoms with Gasteiger partial charge >= 0.3 is 0 Å². The van der Waals surface area contributed by atoms with E-state index in [1.165, 1.54) is 0 Å². The summed E-state index contributed by atoms with van der Waals surface area (Å²) in [6, 6.07) is 5.52. The normalized spacial score (nSPS) is 9.27. The van der Waals surface area contributed by atoms with Gasteiger partial charge in [-0.05, 0) is 25.2 Å². The molecule has 0 saturated carbocycles. The third-order valence-electron chi connectivity index (χ3n) is 1.88. The Hall–Kier alpha value is -1.17. The van der Waals surface area contributed by atoms with E-state index in [1.807, 2.05) is 19.2 Å². The first-order valence-electron chi connectivity index (χ1n) is 4.75. The topological polar surface area (TPSA) is 21.3 Å². The second-order valence-electron chi connectivity index (χ2n) is 3.00. The molecule has 0 amide bonds. The van der Waals surface area contributed by atoms with Gasteiger partial charge in [-0.3, -0.25) is 0 Å². The van der Waals surface area contributed by atoms with Crippen LogP contribution in [0.5, 0.6) is 5.75 Å². The highest BCUT2D eigenvalue weighted by Gasteiger charge is 1.99. The molecule has 1 N–H and O–H groups in total. The monoisotopic (exact) mass is 223 g/mol. The van der Waals surface area contributed by atoms with Crippen LogP contribution in [0, 0.1) is 11.8 Å². The minimum atomic E-state index is 0.610. The fraction of sp³-hybridized carbons (Fsp3) is 0.333. The van der Waals surface area contributed by atoms with Crippen LogP contribution in [0.2, 0.25) is 5.02 Å². The third kappa shape index (κ3) is 3.83. The smallest absolute Gasteiger partial charge is 0.138 e. The van der Waals surface area contributed by atoms with E-state index < -0.39 is 0 Å². The van der Waals surface area contributed by atoms with Crippen LogP contribution in [0.3, 0.4) is 0 Å². The molecule has 15 heavy (non-hydrogen) atoms. The van der Waals surface area contributed by atoms with E-state index in [9.17, 15) is 0 Å². The zero-order valence-electron chi connectivity index (χ0n) is 8.93. The largest absolute Gasteiger partial charge is 0.495 e. The standard InChI is InChI=1S/C12H14ClNO/c1-14-8-4-3-5-10-6-7-11(13)12(9-10)15-2/h6-7,9,14H,4,8H2,1-2H3. The van der Waals surface area contributed by atoms with Crippen molar-refractivity contribution in [2.75, 3.05) is 20.7 Å². The molecule has 1 aromatic carbocycles. The minimum absolute atomic E-state index is 0.610. The van der Waals surface area contributed by atoms with E-state index >= 15 is 0 Å². The molecule has 0 aliphatic heterocycles. The van der Waals surface area contributed by atoms with Gasteiger partial charge in [0.2, 0.25) is 0 Å². The van der Waals surface area contributed by atoms with Crippen LogP contribution in [0.4, 0.5) is 0 Å². The molecule has 0 aromatic heterocycles. The van der Waals surface area contributed by atoms with Crippen molar-refractivity contribution >= 4 is 11.6 Å². The number of halogens is 1. The van der Waals surface area contributed by atoms with Crippen molar-refractivity contribution in [3.8, 4) is 17.6 Å². The first-order valence-corrected chi connectivity index (χ1v) is 5.12. The summed E-state index contributed by atoms with van der Waals surface area (Å²) in [5, 5.41) is 3.65. The van der Waals surface area contributed by atoms with Gasteiger partial charge < -0.3 is 10.1 Å². The zero-order chi connectivity index (χ0) is 11.1. The van der Waals surface area contributed by atoms with Crippen molar-refractivity contribution in [1.82, 2.24) is 5.32 Å². The highest BCUT2D eigenvalue weighted by atomic mass is 35.5. The first-order chi connectivity index (χ1) is 7.27. The lowest BCUT2D eigenvalue weighted by Crippen LogP contribution is -2.05. The molecule has 0 saturated heterocycles. The molecule has 80 valence electrons. The number of benzene rings is 1. The maximum Gasteiger partial charge on any atom is 0.138 e. The molecule has 0 unspecified atom stereocenters. The fourth-order valence-electron chi connectivity index (χ4n) is 1.09. The number of ether oxygens (including phenoxy) is 1. The Kier molecular flexibility index (Phi) is 5.03. The van der Waals surface area contributed by atoms with Gasteiger partial charge in [-0.15, -0.1) is 0 Å². The van der Waals surface area contributed by atoms with Crippen LogP contribution < -0.4 is 10.1 Å². The van der Waals surface area contributed by atoms with Crippen molar-refractivity contribution in [2.45, 2.75) is 6.42 Å². The lowest BCUT2D eigenvalue weighted by atomic mass is 10.2. The number of hydrogen-bond donors (Lipinski definition) is 1. The second kappa shape index (κ2) is 6.34. The van der Waals surface area contributed by atoms with Crippen LogP contribution in [0.1, 0.15) is 12.0 Å². The molecular formula is C12H14ClNO. The third-order valence-corrected chi connectivity index (χ3v) is 2.20. The van der Waals surface area contributed by atoms with Gasteiger partial charge in [-0.25, -0.2) is 0 Å². The van der Waals surface area contributed by atoms with Gasteiger partial charge in [0.05, 0.1) is 12.1 Å². The molecule has 0 atom stereocenters. The Morgan fingerprint density at radius 1 is 1.47 bits per heavy atom. The van der Waals surface area contributed by atoms with E-state index in [-0.39, 0.29) is 0 Å². The van der Waals surface area contributed by atoms with Gasteiger partial charge in [0.1, 0.15) is 5.75 Å². The van der Waals surface area contributed by atoms with Gasteiger partial charge in [0, 0.05) is 18.5 Å². The van der Waals surface area contributed by atoms with Crippen molar-refractivity contribution < 1.29 is 4.74 Å². The molecule has 0 aliphatic rings. The van der Waals surface area contributed by atoms with Crippen molar-refractivity contribution in [3.05, 3.63) is 28.8 Å². The van der Waals surface area contributed by atoms with Crippen LogP contribution in [0.15, 0.2) is 18.2 Å². The molecule has 0 spiro atoms. The maximum absolute atomic E-state index is 5.90. The molecule has 0 aliphatic carbocycles. The Morgan fingerprint density at radius 3 is 2.93 bits per heavy atom. The first kappa shape index (κ1) is 11.9. The molecule has 1 rings (SSSR count). The summed E-state index contributed by atoms with van der Waals surface area (Å²) in [5.41, 5.74) is 0.923. The Morgan fingerprint density at radius 2 is 2.27 bits per heavy atom. The second-order valence-corrected chi connectivity index (χ2v) is 3.41. The molecule has 0 bridgehead atoms.